The standard InChI is InChI=1S/C10H8N2.C3H6.CH4/c1-5-11-6-2-9(1)10-3-7-12-8-4-10;1-3-2;/h1-8H;3H,1H2,2H3;1H4. The molecule has 0 amide bonds. The zero-order valence-electron chi connectivity index (χ0n) is 8.80. The van der Waals surface area contributed by atoms with Gasteiger partial charge in [0.15, 0.2) is 0 Å². The summed E-state index contributed by atoms with van der Waals surface area (Å²) in [4.78, 5) is 7.91. The van der Waals surface area contributed by atoms with Gasteiger partial charge in [0.1, 0.15) is 0 Å². The van der Waals surface area contributed by atoms with Gasteiger partial charge in [-0.3, -0.25) is 9.97 Å². The third-order valence-corrected chi connectivity index (χ3v) is 1.69. The van der Waals surface area contributed by atoms with Crippen LogP contribution in [0.25, 0.3) is 11.1 Å². The first kappa shape index (κ1) is 14.0. The van der Waals surface area contributed by atoms with Crippen LogP contribution in [0.15, 0.2) is 61.7 Å². The van der Waals surface area contributed by atoms with Gasteiger partial charge in [-0.1, -0.05) is 13.5 Å². The van der Waals surface area contributed by atoms with Crippen molar-refractivity contribution in [1.82, 2.24) is 9.97 Å². The Hall–Kier alpha value is -1.96. The highest BCUT2D eigenvalue weighted by Gasteiger charge is 1.92. The fourth-order valence-electron chi connectivity index (χ4n) is 1.09. The van der Waals surface area contributed by atoms with Crippen molar-refractivity contribution >= 4 is 0 Å². The average molecular weight is 214 g/mol. The van der Waals surface area contributed by atoms with Crippen molar-refractivity contribution in [3.05, 3.63) is 61.7 Å². The molecule has 0 radical (unpaired) electrons. The molecule has 0 aromatic carbocycles. The number of allylic oxidation sites excluding steroid dienone is 1. The van der Waals surface area contributed by atoms with Gasteiger partial charge in [0.2, 0.25) is 0 Å². The summed E-state index contributed by atoms with van der Waals surface area (Å²) in [6.07, 6.45) is 8.90. The molecule has 0 N–H and O–H groups in total. The van der Waals surface area contributed by atoms with Crippen LogP contribution >= 0.6 is 0 Å². The number of pyridine rings is 2. The summed E-state index contributed by atoms with van der Waals surface area (Å²) >= 11 is 0. The zero-order chi connectivity index (χ0) is 10.9. The number of rotatable bonds is 1. The van der Waals surface area contributed by atoms with Crippen LogP contribution in [0, 0.1) is 0 Å². The summed E-state index contributed by atoms with van der Waals surface area (Å²) in [6.45, 7) is 5.25. The Morgan fingerprint density at radius 3 is 1.38 bits per heavy atom. The molecule has 2 nitrogen and oxygen atoms in total. The lowest BCUT2D eigenvalue weighted by Crippen LogP contribution is -1.77. The number of aromatic nitrogens is 2. The van der Waals surface area contributed by atoms with Gasteiger partial charge in [-0.2, -0.15) is 0 Å². The van der Waals surface area contributed by atoms with Gasteiger partial charge in [0.25, 0.3) is 0 Å². The predicted molar refractivity (Wildman–Crippen MR) is 70.1 cm³/mol. The molecule has 84 valence electrons. The van der Waals surface area contributed by atoms with E-state index >= 15 is 0 Å². The molecular weight excluding hydrogens is 196 g/mol. The van der Waals surface area contributed by atoms with Crippen LogP contribution in [0.1, 0.15) is 14.4 Å². The normalized spacial score (nSPS) is 8.06. The van der Waals surface area contributed by atoms with Crippen LogP contribution in [-0.4, -0.2) is 9.97 Å². The fourth-order valence-corrected chi connectivity index (χ4v) is 1.09. The summed E-state index contributed by atoms with van der Waals surface area (Å²) in [5.74, 6) is 0. The SMILES string of the molecule is C.C=CC.c1cc(-c2ccncc2)ccn1. The zero-order valence-corrected chi connectivity index (χ0v) is 8.80. The molecule has 0 spiro atoms. The lowest BCUT2D eigenvalue weighted by molar-refractivity contribution is 1.31. The highest BCUT2D eigenvalue weighted by atomic mass is 14.6. The van der Waals surface area contributed by atoms with E-state index < -0.39 is 0 Å². The minimum Gasteiger partial charge on any atom is -0.265 e. The summed E-state index contributed by atoms with van der Waals surface area (Å²) in [5.41, 5.74) is 2.35. The van der Waals surface area contributed by atoms with E-state index in [-0.39, 0.29) is 7.43 Å². The van der Waals surface area contributed by atoms with Crippen LogP contribution < -0.4 is 0 Å². The van der Waals surface area contributed by atoms with Crippen LogP contribution in [0.3, 0.4) is 0 Å². The van der Waals surface area contributed by atoms with Crippen LogP contribution in [0.5, 0.6) is 0 Å². The molecule has 2 heteroatoms. The topological polar surface area (TPSA) is 25.8 Å². The van der Waals surface area contributed by atoms with Crippen LogP contribution in [-0.2, 0) is 0 Å². The molecule has 2 heterocycles. The van der Waals surface area contributed by atoms with Gasteiger partial charge in [-0.15, -0.1) is 6.58 Å². The molecule has 0 atom stereocenters. The summed E-state index contributed by atoms with van der Waals surface area (Å²) in [6, 6.07) is 7.93. The van der Waals surface area contributed by atoms with E-state index in [2.05, 4.69) is 16.5 Å². The van der Waals surface area contributed by atoms with Crippen LogP contribution in [0.4, 0.5) is 0 Å². The minimum atomic E-state index is 0. The Bertz CT molecular complexity index is 344. The summed E-state index contributed by atoms with van der Waals surface area (Å²) in [5, 5.41) is 0. The first-order chi connectivity index (χ1) is 7.38. The van der Waals surface area contributed by atoms with E-state index in [0.717, 1.165) is 0 Å². The second-order valence-electron chi connectivity index (χ2n) is 2.88. The predicted octanol–water partition coefficient (Wildman–Crippen LogP) is 3.97. The molecule has 2 aromatic rings. The molecule has 0 aliphatic carbocycles. The first-order valence-electron chi connectivity index (χ1n) is 4.76. The van der Waals surface area contributed by atoms with Crippen molar-refractivity contribution in [3.63, 3.8) is 0 Å². The van der Waals surface area contributed by atoms with E-state index in [1.807, 2.05) is 31.2 Å². The van der Waals surface area contributed by atoms with Crippen LogP contribution in [0.2, 0.25) is 0 Å². The third-order valence-electron chi connectivity index (χ3n) is 1.69. The Morgan fingerprint density at radius 1 is 0.875 bits per heavy atom. The van der Waals surface area contributed by atoms with Gasteiger partial charge < -0.3 is 0 Å². The molecule has 0 fully saturated rings. The van der Waals surface area contributed by atoms with E-state index in [4.69, 9.17) is 0 Å². The van der Waals surface area contributed by atoms with Crippen molar-refractivity contribution in [2.24, 2.45) is 0 Å². The molecule has 2 rings (SSSR count). The highest BCUT2D eigenvalue weighted by Crippen LogP contribution is 2.15. The van der Waals surface area contributed by atoms with Gasteiger partial charge in [-0.25, -0.2) is 0 Å². The number of hydrogen-bond donors (Lipinski definition) is 0. The van der Waals surface area contributed by atoms with Crippen molar-refractivity contribution in [1.29, 1.82) is 0 Å². The van der Waals surface area contributed by atoms with Crippen molar-refractivity contribution in [2.45, 2.75) is 14.4 Å². The van der Waals surface area contributed by atoms with Gasteiger partial charge in [0, 0.05) is 24.8 Å². The lowest BCUT2D eigenvalue weighted by atomic mass is 10.1. The van der Waals surface area contributed by atoms with Crippen molar-refractivity contribution in [2.75, 3.05) is 0 Å². The third kappa shape index (κ3) is 4.51. The lowest BCUT2D eigenvalue weighted by Gasteiger charge is -1.97. The largest absolute Gasteiger partial charge is 0.265 e. The quantitative estimate of drug-likeness (QED) is 0.671. The van der Waals surface area contributed by atoms with Crippen molar-refractivity contribution < 1.29 is 0 Å². The average Bonchev–Trinajstić information content (AvgIpc) is 2.32. The van der Waals surface area contributed by atoms with Gasteiger partial charge in [0.05, 0.1) is 0 Å². The molecular formula is C14H18N2. The second-order valence-corrected chi connectivity index (χ2v) is 2.88. The molecule has 0 aliphatic rings. The van der Waals surface area contributed by atoms with E-state index in [1.54, 1.807) is 30.9 Å². The smallest absolute Gasteiger partial charge is 0.0273 e. The first-order valence-corrected chi connectivity index (χ1v) is 4.76. The van der Waals surface area contributed by atoms with E-state index in [9.17, 15) is 0 Å². The summed E-state index contributed by atoms with van der Waals surface area (Å²) in [7, 11) is 0. The number of nitrogens with zero attached hydrogens (tertiary/aromatic N) is 2. The van der Waals surface area contributed by atoms with Gasteiger partial charge >= 0.3 is 0 Å². The molecule has 0 aliphatic heterocycles. The second kappa shape index (κ2) is 8.36. The van der Waals surface area contributed by atoms with Crippen molar-refractivity contribution in [3.8, 4) is 11.1 Å². The fraction of sp³-hybridized carbons (Fsp3) is 0.143. The molecule has 0 saturated heterocycles. The van der Waals surface area contributed by atoms with Gasteiger partial charge in [-0.05, 0) is 42.3 Å². The Balaban J connectivity index is 0.000000511. The molecule has 0 unspecified atom stereocenters. The number of hydrogen-bond acceptors (Lipinski definition) is 2. The summed E-state index contributed by atoms with van der Waals surface area (Å²) < 4.78 is 0. The molecule has 0 bridgehead atoms. The molecule has 16 heavy (non-hydrogen) atoms. The Labute approximate surface area is 97.7 Å². The monoisotopic (exact) mass is 214 g/mol. The maximum atomic E-state index is 3.96. The molecule has 2 aromatic heterocycles. The minimum absolute atomic E-state index is 0. The Morgan fingerprint density at radius 2 is 1.12 bits per heavy atom. The Kier molecular flexibility index (Phi) is 7.33. The van der Waals surface area contributed by atoms with E-state index in [1.165, 1.54) is 11.1 Å². The van der Waals surface area contributed by atoms with E-state index in [0.29, 0.717) is 0 Å². The molecule has 0 saturated carbocycles. The maximum Gasteiger partial charge on any atom is 0.0273 e. The maximum absolute atomic E-state index is 3.96. The highest BCUT2D eigenvalue weighted by molar-refractivity contribution is 5.61.